The van der Waals surface area contributed by atoms with Gasteiger partial charge in [-0.2, -0.15) is 13.2 Å². The smallest absolute Gasteiger partial charge is 0.394 e. The Kier molecular flexibility index (Phi) is 4.10. The van der Waals surface area contributed by atoms with Crippen LogP contribution >= 0.6 is 0 Å². The largest absolute Gasteiger partial charge is 0.417 e. The Morgan fingerprint density at radius 2 is 1.95 bits per heavy atom. The molecule has 0 bridgehead atoms. The Labute approximate surface area is 113 Å². The van der Waals surface area contributed by atoms with Crippen molar-refractivity contribution in [2.45, 2.75) is 18.8 Å². The van der Waals surface area contributed by atoms with Crippen LogP contribution in [0.2, 0.25) is 0 Å². The topological polar surface area (TPSA) is 58.3 Å². The number of alkyl halides is 3. The van der Waals surface area contributed by atoms with E-state index in [0.717, 1.165) is 6.07 Å². The molecule has 1 unspecified atom stereocenters. The van der Waals surface area contributed by atoms with E-state index in [-0.39, 0.29) is 17.9 Å². The van der Waals surface area contributed by atoms with E-state index < -0.39 is 24.5 Å². The molecule has 1 heterocycles. The van der Waals surface area contributed by atoms with Gasteiger partial charge in [0.15, 0.2) is 0 Å². The molecule has 1 aromatic carbocycles. The van der Waals surface area contributed by atoms with E-state index in [0.29, 0.717) is 0 Å². The van der Waals surface area contributed by atoms with E-state index in [1.54, 1.807) is 0 Å². The molecule has 7 heteroatoms. The van der Waals surface area contributed by atoms with Gasteiger partial charge in [0.1, 0.15) is 5.82 Å². The van der Waals surface area contributed by atoms with Crippen LogP contribution in [0, 0.1) is 0 Å². The van der Waals surface area contributed by atoms with Crippen LogP contribution in [0.15, 0.2) is 36.7 Å². The number of aliphatic hydroxyl groups excluding tert-OH is 2. The van der Waals surface area contributed by atoms with Crippen molar-refractivity contribution in [3.8, 4) is 11.4 Å². The second-order valence-corrected chi connectivity index (χ2v) is 4.28. The molecule has 2 N–H and O–H groups in total. The first kappa shape index (κ1) is 14.5. The maximum absolute atomic E-state index is 13.0. The Bertz CT molecular complexity index is 581. The second-order valence-electron chi connectivity index (χ2n) is 4.28. The van der Waals surface area contributed by atoms with E-state index >= 15 is 0 Å². The zero-order chi connectivity index (χ0) is 14.8. The molecule has 0 aliphatic rings. The van der Waals surface area contributed by atoms with Gasteiger partial charge in [0.25, 0.3) is 0 Å². The van der Waals surface area contributed by atoms with Gasteiger partial charge >= 0.3 is 6.18 Å². The summed E-state index contributed by atoms with van der Waals surface area (Å²) in [6.07, 6.45) is -2.72. The van der Waals surface area contributed by atoms with Crippen molar-refractivity contribution in [1.29, 1.82) is 0 Å². The molecular weight excluding hydrogens is 273 g/mol. The minimum Gasteiger partial charge on any atom is -0.394 e. The molecular formula is C13H13F3N2O2. The minimum absolute atomic E-state index is 0.0297. The lowest BCUT2D eigenvalue weighted by Crippen LogP contribution is -2.20. The maximum Gasteiger partial charge on any atom is 0.417 e. The molecule has 1 aromatic heterocycles. The third-order valence-electron chi connectivity index (χ3n) is 2.81. The lowest BCUT2D eigenvalue weighted by atomic mass is 10.1. The van der Waals surface area contributed by atoms with E-state index in [1.165, 1.54) is 35.2 Å². The summed E-state index contributed by atoms with van der Waals surface area (Å²) < 4.78 is 40.3. The van der Waals surface area contributed by atoms with Crippen LogP contribution in [-0.2, 0) is 12.7 Å². The van der Waals surface area contributed by atoms with Crippen molar-refractivity contribution in [3.05, 3.63) is 42.2 Å². The zero-order valence-electron chi connectivity index (χ0n) is 10.4. The molecule has 2 aromatic rings. The van der Waals surface area contributed by atoms with Gasteiger partial charge in [0.2, 0.25) is 0 Å². The van der Waals surface area contributed by atoms with Crippen molar-refractivity contribution < 1.29 is 23.4 Å². The molecule has 4 nitrogen and oxygen atoms in total. The number of aliphatic hydroxyl groups is 2. The normalized spacial score (nSPS) is 13.4. The number of nitrogens with zero attached hydrogens (tertiary/aromatic N) is 2. The van der Waals surface area contributed by atoms with Crippen LogP contribution in [0.25, 0.3) is 11.4 Å². The number of halogens is 3. The summed E-state index contributed by atoms with van der Waals surface area (Å²) in [5.74, 6) is 0.102. The maximum atomic E-state index is 13.0. The van der Waals surface area contributed by atoms with Crippen molar-refractivity contribution in [3.63, 3.8) is 0 Å². The molecule has 20 heavy (non-hydrogen) atoms. The number of hydrogen-bond donors (Lipinski definition) is 2. The van der Waals surface area contributed by atoms with Crippen molar-refractivity contribution in [1.82, 2.24) is 9.55 Å². The Morgan fingerprint density at radius 3 is 2.60 bits per heavy atom. The van der Waals surface area contributed by atoms with Crippen LogP contribution < -0.4 is 0 Å². The molecule has 0 spiro atoms. The highest BCUT2D eigenvalue weighted by molar-refractivity contribution is 5.61. The number of benzene rings is 1. The molecule has 0 amide bonds. The number of imidazole rings is 1. The van der Waals surface area contributed by atoms with Crippen LogP contribution in [0.5, 0.6) is 0 Å². The van der Waals surface area contributed by atoms with Crippen molar-refractivity contribution >= 4 is 0 Å². The van der Waals surface area contributed by atoms with Crippen molar-refractivity contribution in [2.24, 2.45) is 0 Å². The Balaban J connectivity index is 2.45. The van der Waals surface area contributed by atoms with E-state index in [4.69, 9.17) is 5.11 Å². The van der Waals surface area contributed by atoms with Crippen LogP contribution in [0.1, 0.15) is 5.56 Å². The minimum atomic E-state index is -4.48. The average Bonchev–Trinajstić information content (AvgIpc) is 2.85. The van der Waals surface area contributed by atoms with Gasteiger partial charge in [-0.25, -0.2) is 4.98 Å². The van der Waals surface area contributed by atoms with Crippen LogP contribution in [-0.4, -0.2) is 32.5 Å². The Hall–Kier alpha value is -1.86. The molecule has 2 rings (SSSR count). The fourth-order valence-electron chi connectivity index (χ4n) is 1.91. The first-order chi connectivity index (χ1) is 9.43. The molecule has 0 saturated heterocycles. The zero-order valence-corrected chi connectivity index (χ0v) is 10.4. The molecule has 0 radical (unpaired) electrons. The van der Waals surface area contributed by atoms with Gasteiger partial charge in [-0.15, -0.1) is 0 Å². The molecule has 0 aliphatic carbocycles. The monoisotopic (exact) mass is 286 g/mol. The van der Waals surface area contributed by atoms with Gasteiger partial charge in [-0.3, -0.25) is 0 Å². The predicted molar refractivity (Wildman–Crippen MR) is 65.8 cm³/mol. The summed E-state index contributed by atoms with van der Waals surface area (Å²) in [4.78, 5) is 3.92. The highest BCUT2D eigenvalue weighted by Crippen LogP contribution is 2.36. The SMILES string of the molecule is OCC(O)Cn1ccnc1-c1ccccc1C(F)(F)F. The Morgan fingerprint density at radius 1 is 1.25 bits per heavy atom. The fraction of sp³-hybridized carbons (Fsp3) is 0.308. The third kappa shape index (κ3) is 3.00. The summed E-state index contributed by atoms with van der Waals surface area (Å²) in [5.41, 5.74) is -0.846. The second kappa shape index (κ2) is 5.64. The lowest BCUT2D eigenvalue weighted by molar-refractivity contribution is -0.137. The van der Waals surface area contributed by atoms with Crippen molar-refractivity contribution in [2.75, 3.05) is 6.61 Å². The standard InChI is InChI=1S/C13H13F3N2O2/c14-13(15,16)11-4-2-1-3-10(11)12-17-5-6-18(12)7-9(20)8-19/h1-6,9,19-20H,7-8H2. The molecule has 108 valence electrons. The summed E-state index contributed by atoms with van der Waals surface area (Å²) in [6, 6.07) is 5.11. The van der Waals surface area contributed by atoms with E-state index in [9.17, 15) is 18.3 Å². The average molecular weight is 286 g/mol. The number of rotatable bonds is 4. The quantitative estimate of drug-likeness (QED) is 0.903. The van der Waals surface area contributed by atoms with Gasteiger partial charge in [-0.1, -0.05) is 18.2 Å². The molecule has 1 atom stereocenters. The number of hydrogen-bond acceptors (Lipinski definition) is 3. The molecule has 0 saturated carbocycles. The summed E-state index contributed by atoms with van der Waals surface area (Å²) in [5, 5.41) is 18.2. The summed E-state index contributed by atoms with van der Waals surface area (Å²) in [6.45, 7) is -0.503. The molecule has 0 fully saturated rings. The number of aromatic nitrogens is 2. The highest BCUT2D eigenvalue weighted by Gasteiger charge is 2.34. The van der Waals surface area contributed by atoms with Crippen LogP contribution in [0.4, 0.5) is 13.2 Å². The summed E-state index contributed by atoms with van der Waals surface area (Å²) >= 11 is 0. The highest BCUT2D eigenvalue weighted by atomic mass is 19.4. The van der Waals surface area contributed by atoms with Crippen LogP contribution in [0.3, 0.4) is 0 Å². The van der Waals surface area contributed by atoms with Gasteiger partial charge in [0.05, 0.1) is 24.8 Å². The lowest BCUT2D eigenvalue weighted by Gasteiger charge is -2.15. The van der Waals surface area contributed by atoms with Gasteiger partial charge < -0.3 is 14.8 Å². The van der Waals surface area contributed by atoms with Gasteiger partial charge in [0, 0.05) is 18.0 Å². The van der Waals surface area contributed by atoms with E-state index in [1.807, 2.05) is 0 Å². The van der Waals surface area contributed by atoms with Gasteiger partial charge in [-0.05, 0) is 6.07 Å². The fourth-order valence-corrected chi connectivity index (χ4v) is 1.91. The third-order valence-corrected chi connectivity index (χ3v) is 2.81. The first-order valence-electron chi connectivity index (χ1n) is 5.90. The van der Waals surface area contributed by atoms with E-state index in [2.05, 4.69) is 4.98 Å². The molecule has 0 aliphatic heterocycles. The summed E-state index contributed by atoms with van der Waals surface area (Å²) in [7, 11) is 0. The predicted octanol–water partition coefficient (Wildman–Crippen LogP) is 1.92. The first-order valence-corrected chi connectivity index (χ1v) is 5.90.